The van der Waals surface area contributed by atoms with Gasteiger partial charge in [-0.2, -0.15) is 0 Å². The molecule has 2 heterocycles. The number of carbonyl (C=O) groups is 2. The highest BCUT2D eigenvalue weighted by atomic mass is 32.1. The molecule has 0 N–H and O–H groups in total. The summed E-state index contributed by atoms with van der Waals surface area (Å²) in [6, 6.07) is 13.0. The Bertz CT molecular complexity index is 887. The van der Waals surface area contributed by atoms with E-state index in [0.717, 1.165) is 10.6 Å². The molecular weight excluding hydrogens is 356 g/mol. The van der Waals surface area contributed by atoms with Crippen LogP contribution in [0.5, 0.6) is 0 Å². The summed E-state index contributed by atoms with van der Waals surface area (Å²) in [4.78, 5) is 31.6. The van der Waals surface area contributed by atoms with Crippen molar-refractivity contribution in [1.82, 2.24) is 4.98 Å². The average molecular weight is 372 g/mol. The summed E-state index contributed by atoms with van der Waals surface area (Å²) in [5.74, 6) is -0.489. The van der Waals surface area contributed by atoms with Crippen LogP contribution < -0.4 is 4.90 Å². The second-order valence-electron chi connectivity index (χ2n) is 5.30. The molecule has 0 aliphatic carbocycles. The third-order valence-electron chi connectivity index (χ3n) is 3.35. The lowest BCUT2D eigenvalue weighted by Crippen LogP contribution is -2.22. The van der Waals surface area contributed by atoms with Gasteiger partial charge in [-0.15, -0.1) is 22.7 Å². The third-order valence-corrected chi connectivity index (χ3v) is 5.21. The van der Waals surface area contributed by atoms with Crippen molar-refractivity contribution < 1.29 is 14.3 Å². The van der Waals surface area contributed by atoms with E-state index in [-0.39, 0.29) is 18.5 Å². The van der Waals surface area contributed by atoms with Crippen LogP contribution in [0.25, 0.3) is 0 Å². The molecular formula is C18H16N2O3S2. The van der Waals surface area contributed by atoms with Crippen molar-refractivity contribution in [1.29, 1.82) is 0 Å². The molecule has 2 aromatic heterocycles. The molecule has 0 atom stereocenters. The maximum absolute atomic E-state index is 12.0. The third kappa shape index (κ3) is 4.12. The molecule has 1 amide bonds. The van der Waals surface area contributed by atoms with E-state index in [9.17, 15) is 9.59 Å². The van der Waals surface area contributed by atoms with E-state index < -0.39 is 0 Å². The monoisotopic (exact) mass is 372 g/mol. The molecule has 25 heavy (non-hydrogen) atoms. The summed E-state index contributed by atoms with van der Waals surface area (Å²) in [6.45, 7) is 3.51. The van der Waals surface area contributed by atoms with Crippen molar-refractivity contribution in [3.8, 4) is 0 Å². The van der Waals surface area contributed by atoms with E-state index in [2.05, 4.69) is 4.98 Å². The fourth-order valence-electron chi connectivity index (χ4n) is 2.22. The number of anilines is 2. The molecule has 3 rings (SSSR count). The van der Waals surface area contributed by atoms with Gasteiger partial charge in [0.15, 0.2) is 5.13 Å². The van der Waals surface area contributed by atoms with E-state index in [1.807, 2.05) is 43.3 Å². The van der Waals surface area contributed by atoms with E-state index in [4.69, 9.17) is 4.74 Å². The van der Waals surface area contributed by atoms with Crippen LogP contribution in [-0.4, -0.2) is 16.9 Å². The normalized spacial score (nSPS) is 10.5. The summed E-state index contributed by atoms with van der Waals surface area (Å²) in [7, 11) is 0. The van der Waals surface area contributed by atoms with E-state index >= 15 is 0 Å². The molecule has 1 aromatic carbocycles. The van der Waals surface area contributed by atoms with Crippen LogP contribution in [0.4, 0.5) is 10.8 Å². The van der Waals surface area contributed by atoms with Gasteiger partial charge in [0.25, 0.3) is 0 Å². The number of hydrogen-bond donors (Lipinski definition) is 0. The zero-order chi connectivity index (χ0) is 17.8. The Morgan fingerprint density at radius 3 is 2.56 bits per heavy atom. The molecule has 0 saturated heterocycles. The second-order valence-corrected chi connectivity index (χ2v) is 7.42. The van der Waals surface area contributed by atoms with Gasteiger partial charge >= 0.3 is 5.97 Å². The van der Waals surface area contributed by atoms with Crippen molar-refractivity contribution in [3.05, 3.63) is 63.3 Å². The molecule has 0 radical (unpaired) electrons. The number of thiazole rings is 1. The number of hydrogen-bond acceptors (Lipinski definition) is 6. The van der Waals surface area contributed by atoms with Gasteiger partial charge in [0.2, 0.25) is 5.91 Å². The van der Waals surface area contributed by atoms with E-state index in [1.165, 1.54) is 29.6 Å². The summed E-state index contributed by atoms with van der Waals surface area (Å²) < 4.78 is 5.30. The van der Waals surface area contributed by atoms with Crippen LogP contribution >= 0.6 is 22.7 Å². The number of carbonyl (C=O) groups excluding carboxylic acids is 2. The molecule has 128 valence electrons. The highest BCUT2D eigenvalue weighted by molar-refractivity contribution is 7.14. The molecule has 3 aromatic rings. The zero-order valence-electron chi connectivity index (χ0n) is 13.8. The quantitative estimate of drug-likeness (QED) is 0.616. The van der Waals surface area contributed by atoms with E-state index in [1.54, 1.807) is 16.3 Å². The van der Waals surface area contributed by atoms with Crippen LogP contribution in [0, 0.1) is 6.92 Å². The summed E-state index contributed by atoms with van der Waals surface area (Å²) in [5, 5.41) is 2.35. The Labute approximate surface area is 153 Å². The Hall–Kier alpha value is -2.51. The molecule has 0 bridgehead atoms. The fourth-order valence-corrected chi connectivity index (χ4v) is 3.86. The maximum atomic E-state index is 12.0. The lowest BCUT2D eigenvalue weighted by atomic mass is 10.3. The number of ether oxygens (including phenoxy) is 1. The minimum absolute atomic E-state index is 0.0762. The van der Waals surface area contributed by atoms with Gasteiger partial charge in [-0.05, 0) is 31.2 Å². The second kappa shape index (κ2) is 7.58. The van der Waals surface area contributed by atoms with Crippen molar-refractivity contribution in [2.45, 2.75) is 20.5 Å². The van der Waals surface area contributed by atoms with Gasteiger partial charge in [-0.3, -0.25) is 9.69 Å². The summed E-state index contributed by atoms with van der Waals surface area (Å²) in [6.07, 6.45) is 0. The number of esters is 1. The average Bonchev–Trinajstić information content (AvgIpc) is 3.23. The standard InChI is InChI=1S/C18H16N2O3S2/c1-12-8-9-16(25-12)17(22)23-10-14-11-24-18(19-14)20(13(2)21)15-6-4-3-5-7-15/h3-9,11H,10H2,1-2H3. The van der Waals surface area contributed by atoms with Crippen molar-refractivity contribution in [2.75, 3.05) is 4.90 Å². The van der Waals surface area contributed by atoms with Crippen LogP contribution in [0.1, 0.15) is 27.2 Å². The first-order valence-corrected chi connectivity index (χ1v) is 9.28. The largest absolute Gasteiger partial charge is 0.455 e. The zero-order valence-corrected chi connectivity index (χ0v) is 15.4. The van der Waals surface area contributed by atoms with Gasteiger partial charge in [-0.25, -0.2) is 9.78 Å². The van der Waals surface area contributed by atoms with Crippen molar-refractivity contribution in [3.63, 3.8) is 0 Å². The molecule has 0 aliphatic rings. The number of rotatable bonds is 5. The Balaban J connectivity index is 1.71. The van der Waals surface area contributed by atoms with Crippen molar-refractivity contribution >= 4 is 45.4 Å². The first-order chi connectivity index (χ1) is 12.0. The Kier molecular flexibility index (Phi) is 5.25. The highest BCUT2D eigenvalue weighted by Crippen LogP contribution is 2.29. The number of aromatic nitrogens is 1. The molecule has 5 nitrogen and oxygen atoms in total. The Morgan fingerprint density at radius 2 is 1.92 bits per heavy atom. The van der Waals surface area contributed by atoms with Gasteiger partial charge in [0, 0.05) is 17.2 Å². The number of benzene rings is 1. The van der Waals surface area contributed by atoms with E-state index in [0.29, 0.717) is 15.7 Å². The van der Waals surface area contributed by atoms with Crippen LogP contribution in [-0.2, 0) is 16.1 Å². The SMILES string of the molecule is CC(=O)N(c1ccccc1)c1nc(COC(=O)c2ccc(C)s2)cs1. The smallest absolute Gasteiger partial charge is 0.348 e. The topological polar surface area (TPSA) is 59.5 Å². The molecule has 7 heteroatoms. The number of nitrogens with zero attached hydrogens (tertiary/aromatic N) is 2. The number of amides is 1. The van der Waals surface area contributed by atoms with Crippen molar-refractivity contribution in [2.24, 2.45) is 0 Å². The fraction of sp³-hybridized carbons (Fsp3) is 0.167. The summed E-state index contributed by atoms with van der Waals surface area (Å²) in [5.41, 5.74) is 1.37. The van der Waals surface area contributed by atoms with Gasteiger partial charge in [-0.1, -0.05) is 18.2 Å². The first kappa shape index (κ1) is 17.3. The molecule has 0 aliphatic heterocycles. The molecule has 0 unspecified atom stereocenters. The minimum atomic E-state index is -0.362. The van der Waals surface area contributed by atoms with Crippen LogP contribution in [0.3, 0.4) is 0 Å². The number of aryl methyl sites for hydroxylation is 1. The van der Waals surface area contributed by atoms with Crippen LogP contribution in [0.15, 0.2) is 47.8 Å². The lowest BCUT2D eigenvalue weighted by Gasteiger charge is -2.17. The maximum Gasteiger partial charge on any atom is 0.348 e. The van der Waals surface area contributed by atoms with Gasteiger partial charge in [0.05, 0.1) is 11.4 Å². The Morgan fingerprint density at radius 1 is 1.16 bits per heavy atom. The molecule has 0 spiro atoms. The molecule has 0 fully saturated rings. The van der Waals surface area contributed by atoms with Crippen LogP contribution in [0.2, 0.25) is 0 Å². The lowest BCUT2D eigenvalue weighted by molar-refractivity contribution is -0.115. The molecule has 0 saturated carbocycles. The predicted molar refractivity (Wildman–Crippen MR) is 99.6 cm³/mol. The number of thiophene rings is 1. The number of para-hydroxylation sites is 1. The van der Waals surface area contributed by atoms with Gasteiger partial charge < -0.3 is 4.74 Å². The van der Waals surface area contributed by atoms with Gasteiger partial charge in [0.1, 0.15) is 11.5 Å². The summed E-state index contributed by atoms with van der Waals surface area (Å²) >= 11 is 2.73. The minimum Gasteiger partial charge on any atom is -0.455 e. The predicted octanol–water partition coefficient (Wildman–Crippen LogP) is 4.55. The first-order valence-electron chi connectivity index (χ1n) is 7.58. The highest BCUT2D eigenvalue weighted by Gasteiger charge is 2.18.